The van der Waals surface area contributed by atoms with Gasteiger partial charge in [-0.05, 0) is 12.5 Å². The molecule has 0 saturated carbocycles. The van der Waals surface area contributed by atoms with Crippen molar-refractivity contribution >= 4 is 15.6 Å². The van der Waals surface area contributed by atoms with Crippen LogP contribution in [0.4, 0.5) is 0 Å². The number of aryl methyl sites for hydroxylation is 1. The number of sulfone groups is 1. The molecule has 0 spiro atoms. The van der Waals surface area contributed by atoms with Crippen molar-refractivity contribution in [1.82, 2.24) is 0 Å². The fraction of sp³-hybridized carbons (Fsp3) is 0.222. The Morgan fingerprint density at radius 2 is 2.00 bits per heavy atom. The smallest absolute Gasteiger partial charge is 0.186 e. The lowest BCUT2D eigenvalue weighted by Gasteiger charge is -1.99. The quantitative estimate of drug-likeness (QED) is 0.621. The van der Waals surface area contributed by atoms with E-state index in [0.29, 0.717) is 11.1 Å². The van der Waals surface area contributed by atoms with Gasteiger partial charge in [-0.3, -0.25) is 4.79 Å². The van der Waals surface area contributed by atoms with Crippen molar-refractivity contribution in [3.05, 3.63) is 29.3 Å². The maximum absolute atomic E-state index is 11.5. The number of ketones is 1. The third-order valence-corrected chi connectivity index (χ3v) is 3.95. The third kappa shape index (κ3) is 1.09. The first kappa shape index (κ1) is 8.44. The van der Waals surface area contributed by atoms with E-state index in [1.165, 1.54) is 0 Å². The van der Waals surface area contributed by atoms with Crippen molar-refractivity contribution in [3.63, 3.8) is 0 Å². The number of hydrogen-bond acceptors (Lipinski definition) is 3. The highest BCUT2D eigenvalue weighted by molar-refractivity contribution is 7.92. The molecule has 0 amide bonds. The lowest BCUT2D eigenvalue weighted by Crippen LogP contribution is -2.03. The summed E-state index contributed by atoms with van der Waals surface area (Å²) in [6.07, 6.45) is 0. The van der Waals surface area contributed by atoms with E-state index >= 15 is 0 Å². The van der Waals surface area contributed by atoms with Crippen LogP contribution in [0.15, 0.2) is 23.1 Å². The minimum Gasteiger partial charge on any atom is -0.293 e. The van der Waals surface area contributed by atoms with E-state index in [0.717, 1.165) is 0 Å². The van der Waals surface area contributed by atoms with Gasteiger partial charge in [0.05, 0.1) is 4.90 Å². The van der Waals surface area contributed by atoms with Gasteiger partial charge in [-0.15, -0.1) is 0 Å². The molecule has 1 heterocycles. The molecule has 0 bridgehead atoms. The van der Waals surface area contributed by atoms with Gasteiger partial charge in [-0.25, -0.2) is 8.42 Å². The molecule has 0 saturated heterocycles. The Labute approximate surface area is 76.3 Å². The monoisotopic (exact) mass is 196 g/mol. The summed E-state index contributed by atoms with van der Waals surface area (Å²) in [6.45, 7) is 1.70. The molecule has 0 N–H and O–H groups in total. The van der Waals surface area contributed by atoms with Gasteiger partial charge < -0.3 is 0 Å². The van der Waals surface area contributed by atoms with Crippen LogP contribution < -0.4 is 0 Å². The molecule has 3 nitrogen and oxygen atoms in total. The number of benzene rings is 1. The van der Waals surface area contributed by atoms with Gasteiger partial charge in [-0.2, -0.15) is 0 Å². The van der Waals surface area contributed by atoms with Gasteiger partial charge in [0.1, 0.15) is 5.75 Å². The second kappa shape index (κ2) is 2.42. The minimum absolute atomic E-state index is 0.222. The lowest BCUT2D eigenvalue weighted by atomic mass is 10.1. The van der Waals surface area contributed by atoms with Crippen LogP contribution in [0.25, 0.3) is 0 Å². The number of carbonyl (C=O) groups is 1. The van der Waals surface area contributed by atoms with E-state index in [-0.39, 0.29) is 16.4 Å². The highest BCUT2D eigenvalue weighted by atomic mass is 32.2. The molecule has 0 atom stereocenters. The first-order valence-corrected chi connectivity index (χ1v) is 5.53. The van der Waals surface area contributed by atoms with Gasteiger partial charge in [-0.1, -0.05) is 18.2 Å². The molecule has 0 radical (unpaired) electrons. The van der Waals surface area contributed by atoms with Gasteiger partial charge in [0, 0.05) is 5.56 Å². The SMILES string of the molecule is Cc1cccc2c1S(=O)(=O)CC2=O. The van der Waals surface area contributed by atoms with Crippen LogP contribution >= 0.6 is 0 Å². The van der Waals surface area contributed by atoms with Crippen LogP contribution in [-0.2, 0) is 9.84 Å². The third-order valence-electron chi connectivity index (χ3n) is 2.14. The van der Waals surface area contributed by atoms with Crippen molar-refractivity contribution < 1.29 is 13.2 Å². The molecular weight excluding hydrogens is 188 g/mol. The van der Waals surface area contributed by atoms with E-state index in [1.807, 2.05) is 0 Å². The molecule has 1 aliphatic rings. The van der Waals surface area contributed by atoms with Crippen LogP contribution in [0.3, 0.4) is 0 Å². The van der Waals surface area contributed by atoms with E-state index in [2.05, 4.69) is 0 Å². The fourth-order valence-electron chi connectivity index (χ4n) is 1.61. The number of hydrogen-bond donors (Lipinski definition) is 0. The molecule has 4 heteroatoms. The van der Waals surface area contributed by atoms with Crippen molar-refractivity contribution in [3.8, 4) is 0 Å². The highest BCUT2D eigenvalue weighted by Crippen LogP contribution is 2.28. The van der Waals surface area contributed by atoms with Crippen LogP contribution in [-0.4, -0.2) is 20.0 Å². The zero-order valence-corrected chi connectivity index (χ0v) is 7.89. The zero-order chi connectivity index (χ0) is 9.64. The first-order valence-electron chi connectivity index (χ1n) is 3.88. The Hall–Kier alpha value is -1.16. The van der Waals surface area contributed by atoms with Crippen LogP contribution in [0.2, 0.25) is 0 Å². The molecule has 2 rings (SSSR count). The Bertz CT molecular complexity index is 486. The second-order valence-electron chi connectivity index (χ2n) is 3.13. The molecule has 1 aromatic rings. The summed E-state index contributed by atoms with van der Waals surface area (Å²) in [7, 11) is -3.34. The number of fused-ring (bicyclic) bond motifs is 1. The number of Topliss-reactive ketones (excluding diaryl/α,β-unsaturated/α-hetero) is 1. The van der Waals surface area contributed by atoms with Crippen molar-refractivity contribution in [1.29, 1.82) is 0 Å². The summed E-state index contributed by atoms with van der Waals surface area (Å²) in [6, 6.07) is 4.97. The highest BCUT2D eigenvalue weighted by Gasteiger charge is 2.34. The molecule has 1 aromatic carbocycles. The van der Waals surface area contributed by atoms with Gasteiger partial charge in [0.25, 0.3) is 0 Å². The van der Waals surface area contributed by atoms with Crippen molar-refractivity contribution in [2.75, 3.05) is 5.75 Å². The largest absolute Gasteiger partial charge is 0.293 e. The summed E-state index contributed by atoms with van der Waals surface area (Å²) in [5.74, 6) is -0.661. The molecule has 13 heavy (non-hydrogen) atoms. The zero-order valence-electron chi connectivity index (χ0n) is 7.07. The minimum atomic E-state index is -3.34. The van der Waals surface area contributed by atoms with E-state index in [1.54, 1.807) is 25.1 Å². The van der Waals surface area contributed by atoms with Crippen LogP contribution in [0.1, 0.15) is 15.9 Å². The van der Waals surface area contributed by atoms with Gasteiger partial charge in [0.15, 0.2) is 15.6 Å². The van der Waals surface area contributed by atoms with E-state index in [4.69, 9.17) is 0 Å². The molecule has 68 valence electrons. The van der Waals surface area contributed by atoms with Crippen molar-refractivity contribution in [2.24, 2.45) is 0 Å². The Kier molecular flexibility index (Phi) is 1.57. The number of rotatable bonds is 0. The molecular formula is C9H8O3S. The molecule has 0 unspecified atom stereocenters. The van der Waals surface area contributed by atoms with E-state index < -0.39 is 9.84 Å². The summed E-state index contributed by atoms with van der Waals surface area (Å²) in [5, 5.41) is 0. The summed E-state index contributed by atoms with van der Waals surface area (Å²) < 4.78 is 22.9. The van der Waals surface area contributed by atoms with Gasteiger partial charge >= 0.3 is 0 Å². The predicted molar refractivity (Wildman–Crippen MR) is 47.6 cm³/mol. The maximum Gasteiger partial charge on any atom is 0.186 e. The summed E-state index contributed by atoms with van der Waals surface area (Å²) in [4.78, 5) is 11.5. The molecule has 0 aliphatic carbocycles. The lowest BCUT2D eigenvalue weighted by molar-refractivity contribution is 0.102. The normalized spacial score (nSPS) is 18.7. The topological polar surface area (TPSA) is 51.2 Å². The fourth-order valence-corrected chi connectivity index (χ4v) is 3.33. The Morgan fingerprint density at radius 1 is 1.31 bits per heavy atom. The Balaban J connectivity index is 2.89. The average molecular weight is 196 g/mol. The average Bonchev–Trinajstić information content (AvgIpc) is 2.24. The van der Waals surface area contributed by atoms with Gasteiger partial charge in [0.2, 0.25) is 0 Å². The molecule has 1 aliphatic heterocycles. The second-order valence-corrected chi connectivity index (χ2v) is 5.06. The standard InChI is InChI=1S/C9H8O3S/c1-6-3-2-4-7-8(10)5-13(11,12)9(6)7/h2-4H,5H2,1H3. The summed E-state index contributed by atoms with van der Waals surface area (Å²) in [5.41, 5.74) is 1.00. The predicted octanol–water partition coefficient (Wildman–Crippen LogP) is 0.965. The summed E-state index contributed by atoms with van der Waals surface area (Å²) >= 11 is 0. The van der Waals surface area contributed by atoms with Crippen molar-refractivity contribution in [2.45, 2.75) is 11.8 Å². The molecule has 0 aromatic heterocycles. The van der Waals surface area contributed by atoms with Crippen LogP contribution in [0.5, 0.6) is 0 Å². The number of carbonyl (C=O) groups excluding carboxylic acids is 1. The van der Waals surface area contributed by atoms with E-state index in [9.17, 15) is 13.2 Å². The van der Waals surface area contributed by atoms with Crippen LogP contribution in [0, 0.1) is 6.92 Å². The first-order chi connectivity index (χ1) is 6.02. The Morgan fingerprint density at radius 3 is 2.62 bits per heavy atom. The molecule has 0 fully saturated rings. The maximum atomic E-state index is 11.5.